The molecule has 0 spiro atoms. The fourth-order valence-electron chi connectivity index (χ4n) is 3.84. The van der Waals surface area contributed by atoms with Crippen molar-refractivity contribution in [2.75, 3.05) is 64.0 Å². The number of benzene rings is 2. The molecule has 0 unspecified atom stereocenters. The number of methoxy groups -OCH3 is 1. The summed E-state index contributed by atoms with van der Waals surface area (Å²) in [4.78, 5) is 42.1. The standard InChI is InChI=1S/C29H36ClN7O5/c1-8-25(38)33-23-14-21(37(5)10-9-36(3)4)11-18(2)27(23)34-29-31-15-22(16-32-29)42-17-20-12-19(28(39)35-41-7)13-24(40-6)26(20)30/h8,11-16H,1,9-10,17H2,2-7H3,(H,33,38)(H,35,39)(H,31,32,34). The molecule has 1 aromatic heterocycles. The number of ether oxygens (including phenoxy) is 2. The fourth-order valence-corrected chi connectivity index (χ4v) is 4.08. The van der Waals surface area contributed by atoms with Crippen molar-refractivity contribution in [3.63, 3.8) is 0 Å². The summed E-state index contributed by atoms with van der Waals surface area (Å²) in [7, 11) is 8.84. The van der Waals surface area contributed by atoms with Crippen LogP contribution >= 0.6 is 11.6 Å². The molecule has 0 aliphatic carbocycles. The Morgan fingerprint density at radius 3 is 2.40 bits per heavy atom. The van der Waals surface area contributed by atoms with E-state index >= 15 is 0 Å². The lowest BCUT2D eigenvalue weighted by Gasteiger charge is -2.24. The minimum absolute atomic E-state index is 0.0269. The van der Waals surface area contributed by atoms with E-state index in [1.165, 1.54) is 38.8 Å². The SMILES string of the molecule is C=CC(=O)Nc1cc(N(C)CCN(C)C)cc(C)c1Nc1ncc(OCc2cc(C(=O)NOC)cc(OC)c2Cl)cn1. The van der Waals surface area contributed by atoms with E-state index in [0.29, 0.717) is 39.4 Å². The van der Waals surface area contributed by atoms with Gasteiger partial charge in [0.15, 0.2) is 5.75 Å². The number of hydrogen-bond donors (Lipinski definition) is 3. The van der Waals surface area contributed by atoms with Crippen molar-refractivity contribution in [1.82, 2.24) is 20.3 Å². The number of amides is 2. The maximum absolute atomic E-state index is 12.2. The smallest absolute Gasteiger partial charge is 0.274 e. The Bertz CT molecular complexity index is 1420. The zero-order chi connectivity index (χ0) is 30.8. The van der Waals surface area contributed by atoms with Crippen molar-refractivity contribution >= 4 is 46.4 Å². The molecule has 0 aliphatic rings. The van der Waals surface area contributed by atoms with E-state index in [9.17, 15) is 9.59 Å². The van der Waals surface area contributed by atoms with Crippen LogP contribution in [0.25, 0.3) is 0 Å². The predicted octanol–water partition coefficient (Wildman–Crippen LogP) is 4.18. The number of rotatable bonds is 14. The summed E-state index contributed by atoms with van der Waals surface area (Å²) < 4.78 is 11.1. The molecule has 224 valence electrons. The van der Waals surface area contributed by atoms with Crippen molar-refractivity contribution in [2.24, 2.45) is 0 Å². The second-order valence-corrected chi connectivity index (χ2v) is 9.92. The third-order valence-electron chi connectivity index (χ3n) is 6.14. The summed E-state index contributed by atoms with van der Waals surface area (Å²) in [6, 6.07) is 7.01. The Labute approximate surface area is 250 Å². The molecule has 0 saturated carbocycles. The van der Waals surface area contributed by atoms with Crippen LogP contribution in [0.2, 0.25) is 5.02 Å². The summed E-state index contributed by atoms with van der Waals surface area (Å²) in [5.74, 6) is 0.191. The van der Waals surface area contributed by atoms with Crippen LogP contribution < -0.4 is 30.5 Å². The lowest BCUT2D eigenvalue weighted by molar-refractivity contribution is -0.111. The normalized spacial score (nSPS) is 10.7. The highest BCUT2D eigenvalue weighted by molar-refractivity contribution is 6.33. The van der Waals surface area contributed by atoms with E-state index in [0.717, 1.165) is 24.3 Å². The van der Waals surface area contributed by atoms with Gasteiger partial charge in [-0.3, -0.25) is 14.4 Å². The number of aryl methyl sites for hydroxylation is 1. The number of carbonyl (C=O) groups is 2. The highest BCUT2D eigenvalue weighted by atomic mass is 35.5. The Morgan fingerprint density at radius 1 is 1.07 bits per heavy atom. The molecule has 2 amide bonds. The molecule has 0 radical (unpaired) electrons. The van der Waals surface area contributed by atoms with Gasteiger partial charge in [-0.05, 0) is 56.9 Å². The summed E-state index contributed by atoms with van der Waals surface area (Å²) in [6.07, 6.45) is 4.22. The van der Waals surface area contributed by atoms with Crippen LogP contribution in [0.3, 0.4) is 0 Å². The minimum atomic E-state index is -0.459. The van der Waals surface area contributed by atoms with E-state index in [1.54, 1.807) is 6.07 Å². The van der Waals surface area contributed by atoms with Gasteiger partial charge in [-0.1, -0.05) is 18.2 Å². The van der Waals surface area contributed by atoms with Crippen LogP contribution in [0.5, 0.6) is 11.5 Å². The molecule has 2 aromatic carbocycles. The highest BCUT2D eigenvalue weighted by Gasteiger charge is 2.16. The lowest BCUT2D eigenvalue weighted by atomic mass is 10.1. The molecule has 0 fully saturated rings. The van der Waals surface area contributed by atoms with Crippen molar-refractivity contribution in [2.45, 2.75) is 13.5 Å². The third-order valence-corrected chi connectivity index (χ3v) is 6.57. The van der Waals surface area contributed by atoms with Crippen LogP contribution in [0.15, 0.2) is 49.3 Å². The monoisotopic (exact) mass is 597 g/mol. The van der Waals surface area contributed by atoms with Gasteiger partial charge in [0.2, 0.25) is 11.9 Å². The molecular weight excluding hydrogens is 562 g/mol. The molecule has 0 aliphatic heterocycles. The topological polar surface area (TPSA) is 130 Å². The summed E-state index contributed by atoms with van der Waals surface area (Å²) in [5, 5.41) is 6.38. The first-order valence-corrected chi connectivity index (χ1v) is 13.3. The molecule has 0 atom stereocenters. The Kier molecular flexibility index (Phi) is 11.5. The first kappa shape index (κ1) is 32.1. The number of nitrogens with zero attached hydrogens (tertiary/aromatic N) is 4. The van der Waals surface area contributed by atoms with E-state index in [-0.39, 0.29) is 18.1 Å². The van der Waals surface area contributed by atoms with Crippen LogP contribution in [0, 0.1) is 6.92 Å². The van der Waals surface area contributed by atoms with E-state index in [4.69, 9.17) is 25.9 Å². The molecule has 3 rings (SSSR count). The van der Waals surface area contributed by atoms with Crippen molar-refractivity contribution in [3.05, 3.63) is 71.0 Å². The number of aromatic nitrogens is 2. The number of likely N-dealkylation sites (N-methyl/N-ethyl adjacent to an activating group) is 2. The Balaban J connectivity index is 1.79. The van der Waals surface area contributed by atoms with Crippen LogP contribution in [0.1, 0.15) is 21.5 Å². The zero-order valence-corrected chi connectivity index (χ0v) is 25.3. The van der Waals surface area contributed by atoms with Gasteiger partial charge in [-0.2, -0.15) is 0 Å². The van der Waals surface area contributed by atoms with Crippen LogP contribution in [0.4, 0.5) is 23.0 Å². The molecule has 0 saturated heterocycles. The maximum atomic E-state index is 12.2. The largest absolute Gasteiger partial charge is 0.495 e. The van der Waals surface area contributed by atoms with Crippen LogP contribution in [-0.2, 0) is 16.2 Å². The van der Waals surface area contributed by atoms with Gasteiger partial charge in [0.1, 0.15) is 12.4 Å². The maximum Gasteiger partial charge on any atom is 0.274 e. The van der Waals surface area contributed by atoms with Gasteiger partial charge >= 0.3 is 0 Å². The third kappa shape index (κ3) is 8.56. The van der Waals surface area contributed by atoms with Gasteiger partial charge in [-0.15, -0.1) is 0 Å². The van der Waals surface area contributed by atoms with Crippen molar-refractivity contribution in [3.8, 4) is 11.5 Å². The fraction of sp³-hybridized carbons (Fsp3) is 0.310. The number of carbonyl (C=O) groups excluding carboxylic acids is 2. The molecule has 13 heteroatoms. The minimum Gasteiger partial charge on any atom is -0.495 e. The van der Waals surface area contributed by atoms with Crippen LogP contribution in [-0.4, -0.2) is 75.1 Å². The van der Waals surface area contributed by atoms with Gasteiger partial charge in [0, 0.05) is 37.0 Å². The summed E-state index contributed by atoms with van der Waals surface area (Å²) in [5.41, 5.74) is 6.12. The van der Waals surface area contributed by atoms with E-state index in [2.05, 4.69) is 42.5 Å². The molecule has 0 bridgehead atoms. The van der Waals surface area contributed by atoms with Gasteiger partial charge < -0.3 is 29.9 Å². The average molecular weight is 598 g/mol. The predicted molar refractivity (Wildman–Crippen MR) is 164 cm³/mol. The molecule has 12 nitrogen and oxygen atoms in total. The second kappa shape index (κ2) is 15.0. The Hall–Kier alpha value is -4.39. The lowest BCUT2D eigenvalue weighted by Crippen LogP contribution is -2.28. The van der Waals surface area contributed by atoms with Gasteiger partial charge in [0.05, 0.1) is 43.0 Å². The molecule has 1 heterocycles. The van der Waals surface area contributed by atoms with Gasteiger partial charge in [-0.25, -0.2) is 15.4 Å². The summed E-state index contributed by atoms with van der Waals surface area (Å²) >= 11 is 6.43. The van der Waals surface area contributed by atoms with E-state index in [1.807, 2.05) is 40.2 Å². The number of hydrogen-bond acceptors (Lipinski definition) is 10. The quantitative estimate of drug-likeness (QED) is 0.184. The number of nitrogens with one attached hydrogen (secondary N) is 3. The number of hydroxylamine groups is 1. The summed E-state index contributed by atoms with van der Waals surface area (Å²) in [6.45, 7) is 7.20. The van der Waals surface area contributed by atoms with Gasteiger partial charge in [0.25, 0.3) is 5.91 Å². The molecule has 3 N–H and O–H groups in total. The van der Waals surface area contributed by atoms with Crippen molar-refractivity contribution < 1.29 is 23.9 Å². The second-order valence-electron chi connectivity index (χ2n) is 9.55. The molecule has 3 aromatic rings. The number of anilines is 4. The highest BCUT2D eigenvalue weighted by Crippen LogP contribution is 2.34. The Morgan fingerprint density at radius 2 is 1.79 bits per heavy atom. The first-order valence-electron chi connectivity index (χ1n) is 12.9. The van der Waals surface area contributed by atoms with Crippen molar-refractivity contribution in [1.29, 1.82) is 0 Å². The average Bonchev–Trinajstić information content (AvgIpc) is 2.97. The zero-order valence-electron chi connectivity index (χ0n) is 24.6. The molecule has 42 heavy (non-hydrogen) atoms. The number of halogens is 1. The molecular formula is C29H36ClN7O5. The first-order chi connectivity index (χ1) is 20.1. The van der Waals surface area contributed by atoms with E-state index < -0.39 is 5.91 Å².